The van der Waals surface area contributed by atoms with Gasteiger partial charge >= 0.3 is 0 Å². The number of halogens is 2. The van der Waals surface area contributed by atoms with Crippen LogP contribution in [0.5, 0.6) is 5.75 Å². The van der Waals surface area contributed by atoms with E-state index in [1.807, 2.05) is 0 Å². The molecular formula is C23H29Cl2N5O4. The van der Waals surface area contributed by atoms with Crippen molar-refractivity contribution in [3.63, 3.8) is 0 Å². The minimum Gasteiger partial charge on any atom is -0.490 e. The average molecular weight is 510 g/mol. The zero-order valence-corrected chi connectivity index (χ0v) is 20.6. The SMILES string of the molecule is COC1COc2c(C(=O)NCCCn3nc(Cl)ccc3=O)cc(Cl)c(N)c2C1N1CCCCC1. The van der Waals surface area contributed by atoms with Gasteiger partial charge in [0.15, 0.2) is 0 Å². The Morgan fingerprint density at radius 1 is 1.29 bits per heavy atom. The minimum absolute atomic E-state index is 0.139. The van der Waals surface area contributed by atoms with Crippen molar-refractivity contribution in [1.29, 1.82) is 0 Å². The number of benzene rings is 1. The van der Waals surface area contributed by atoms with E-state index < -0.39 is 0 Å². The second-order valence-electron chi connectivity index (χ2n) is 8.52. The van der Waals surface area contributed by atoms with E-state index in [1.165, 1.54) is 23.2 Å². The number of ether oxygens (including phenoxy) is 2. The lowest BCUT2D eigenvalue weighted by atomic mass is 9.90. The van der Waals surface area contributed by atoms with Crippen LogP contribution in [0.15, 0.2) is 23.0 Å². The van der Waals surface area contributed by atoms with E-state index in [2.05, 4.69) is 15.3 Å². The van der Waals surface area contributed by atoms with E-state index in [-0.39, 0.29) is 28.8 Å². The third-order valence-corrected chi connectivity index (χ3v) is 6.86. The highest BCUT2D eigenvalue weighted by Gasteiger charge is 2.40. The van der Waals surface area contributed by atoms with Gasteiger partial charge in [0.2, 0.25) is 0 Å². The molecular weight excluding hydrogens is 481 g/mol. The number of hydrogen-bond donors (Lipinski definition) is 2. The predicted molar refractivity (Wildman–Crippen MR) is 131 cm³/mol. The quantitative estimate of drug-likeness (QED) is 0.435. The number of nitrogens with two attached hydrogens (primary N) is 1. The lowest BCUT2D eigenvalue weighted by molar-refractivity contribution is -0.0331. The van der Waals surface area contributed by atoms with Crippen LogP contribution in [0.4, 0.5) is 5.69 Å². The predicted octanol–water partition coefficient (Wildman–Crippen LogP) is 2.89. The van der Waals surface area contributed by atoms with Crippen molar-refractivity contribution in [2.24, 2.45) is 0 Å². The lowest BCUT2D eigenvalue weighted by Crippen LogP contribution is -2.46. The highest BCUT2D eigenvalue weighted by molar-refractivity contribution is 6.34. The lowest BCUT2D eigenvalue weighted by Gasteiger charge is -2.42. The first kappa shape index (κ1) is 24.8. The number of anilines is 1. The van der Waals surface area contributed by atoms with Crippen LogP contribution >= 0.6 is 23.2 Å². The van der Waals surface area contributed by atoms with Gasteiger partial charge in [0, 0.05) is 31.8 Å². The molecule has 0 saturated carbocycles. The van der Waals surface area contributed by atoms with E-state index in [0.717, 1.165) is 25.9 Å². The van der Waals surface area contributed by atoms with E-state index >= 15 is 0 Å². The first-order chi connectivity index (χ1) is 16.4. The van der Waals surface area contributed by atoms with Gasteiger partial charge in [0.1, 0.15) is 23.6 Å². The Hall–Kier alpha value is -2.33. The minimum atomic E-state index is -0.321. The van der Waals surface area contributed by atoms with E-state index in [1.54, 1.807) is 13.2 Å². The summed E-state index contributed by atoms with van der Waals surface area (Å²) in [6, 6.07) is 4.22. The Kier molecular flexibility index (Phi) is 7.98. The molecule has 1 fully saturated rings. The number of hydrogen-bond acceptors (Lipinski definition) is 7. The summed E-state index contributed by atoms with van der Waals surface area (Å²) >= 11 is 12.3. The molecule has 0 aliphatic carbocycles. The second kappa shape index (κ2) is 10.9. The Labute approximate surface area is 208 Å². The van der Waals surface area contributed by atoms with E-state index in [9.17, 15) is 9.59 Å². The normalized spacial score (nSPS) is 20.4. The van der Waals surface area contributed by atoms with Crippen LogP contribution in [-0.2, 0) is 11.3 Å². The van der Waals surface area contributed by atoms with Crippen LogP contribution in [0.1, 0.15) is 47.6 Å². The maximum Gasteiger partial charge on any atom is 0.266 e. The Morgan fingerprint density at radius 3 is 2.79 bits per heavy atom. The third-order valence-electron chi connectivity index (χ3n) is 6.35. The molecule has 184 valence electrons. The number of methoxy groups -OCH3 is 1. The molecule has 0 spiro atoms. The maximum absolute atomic E-state index is 13.1. The van der Waals surface area contributed by atoms with Gasteiger partial charge in [-0.25, -0.2) is 4.68 Å². The number of aromatic nitrogens is 2. The third kappa shape index (κ3) is 5.17. The van der Waals surface area contributed by atoms with Gasteiger partial charge in [-0.05, 0) is 44.5 Å². The molecule has 2 aliphatic heterocycles. The van der Waals surface area contributed by atoms with E-state index in [4.69, 9.17) is 38.4 Å². The van der Waals surface area contributed by atoms with Crippen LogP contribution in [0.3, 0.4) is 0 Å². The van der Waals surface area contributed by atoms with Crippen molar-refractivity contribution in [3.8, 4) is 5.75 Å². The molecule has 3 heterocycles. The monoisotopic (exact) mass is 509 g/mol. The van der Waals surface area contributed by atoms with Crippen LogP contribution in [0.25, 0.3) is 0 Å². The van der Waals surface area contributed by atoms with Crippen LogP contribution < -0.4 is 21.3 Å². The molecule has 1 amide bonds. The van der Waals surface area contributed by atoms with Crippen molar-refractivity contribution in [2.45, 2.75) is 44.4 Å². The zero-order chi connectivity index (χ0) is 24.2. The summed E-state index contributed by atoms with van der Waals surface area (Å²) in [6.07, 6.45) is 3.67. The van der Waals surface area contributed by atoms with Gasteiger partial charge < -0.3 is 20.5 Å². The molecule has 1 aromatic heterocycles. The van der Waals surface area contributed by atoms with Crippen molar-refractivity contribution < 1.29 is 14.3 Å². The zero-order valence-electron chi connectivity index (χ0n) is 19.1. The molecule has 2 atom stereocenters. The number of nitrogens with zero attached hydrogens (tertiary/aromatic N) is 3. The topological polar surface area (TPSA) is 112 Å². The maximum atomic E-state index is 13.1. The number of nitrogens with one attached hydrogen (secondary N) is 1. The summed E-state index contributed by atoms with van der Waals surface area (Å²) in [5, 5.41) is 7.41. The average Bonchev–Trinajstić information content (AvgIpc) is 2.85. The molecule has 11 heteroatoms. The Bertz CT molecular complexity index is 1100. The number of amides is 1. The number of fused-ring (bicyclic) bond motifs is 1. The van der Waals surface area contributed by atoms with Gasteiger partial charge in [-0.2, -0.15) is 5.10 Å². The number of rotatable bonds is 7. The molecule has 4 rings (SSSR count). The van der Waals surface area contributed by atoms with E-state index in [0.29, 0.717) is 53.7 Å². The molecule has 2 aromatic rings. The number of carbonyl (C=O) groups is 1. The van der Waals surface area contributed by atoms with Gasteiger partial charge in [-0.3, -0.25) is 14.5 Å². The Morgan fingerprint density at radius 2 is 2.06 bits per heavy atom. The largest absolute Gasteiger partial charge is 0.490 e. The summed E-state index contributed by atoms with van der Waals surface area (Å²) in [5.74, 6) is 0.133. The molecule has 2 aliphatic rings. The molecule has 2 unspecified atom stereocenters. The first-order valence-electron chi connectivity index (χ1n) is 11.4. The van der Waals surface area contributed by atoms with Crippen molar-refractivity contribution >= 4 is 34.8 Å². The Balaban J connectivity index is 1.53. The molecule has 3 N–H and O–H groups in total. The number of likely N-dealkylation sites (tertiary alicyclic amines) is 1. The van der Waals surface area contributed by atoms with Crippen LogP contribution in [-0.4, -0.2) is 60.0 Å². The van der Waals surface area contributed by atoms with Crippen molar-refractivity contribution in [3.05, 3.63) is 49.9 Å². The number of carbonyl (C=O) groups excluding carboxylic acids is 1. The number of piperidine rings is 1. The first-order valence-corrected chi connectivity index (χ1v) is 12.2. The molecule has 0 radical (unpaired) electrons. The molecule has 1 aromatic carbocycles. The second-order valence-corrected chi connectivity index (χ2v) is 9.31. The standard InChI is InChI=1S/C23H29Cl2N5O4/c1-33-16-13-34-22-14(23(32)27-8-5-11-30-18(31)7-6-17(25)28-30)12-15(24)20(26)19(22)21(16)29-9-3-2-4-10-29/h6-7,12,16,21H,2-5,8-11,13,26H2,1H3,(H,27,32). The van der Waals surface area contributed by atoms with Gasteiger partial charge in [-0.1, -0.05) is 29.6 Å². The van der Waals surface area contributed by atoms with Crippen LogP contribution in [0.2, 0.25) is 10.2 Å². The fourth-order valence-corrected chi connectivity index (χ4v) is 5.01. The highest BCUT2D eigenvalue weighted by Crippen LogP contribution is 2.46. The molecule has 34 heavy (non-hydrogen) atoms. The number of aryl methyl sites for hydroxylation is 1. The van der Waals surface area contributed by atoms with Gasteiger partial charge in [0.05, 0.1) is 22.3 Å². The van der Waals surface area contributed by atoms with Crippen molar-refractivity contribution in [1.82, 2.24) is 20.0 Å². The summed E-state index contributed by atoms with van der Waals surface area (Å²) in [7, 11) is 1.66. The molecule has 1 saturated heterocycles. The fourth-order valence-electron chi connectivity index (χ4n) is 4.65. The summed E-state index contributed by atoms with van der Waals surface area (Å²) in [5.41, 5.74) is 7.64. The fraction of sp³-hybridized carbons (Fsp3) is 0.522. The molecule has 0 bridgehead atoms. The summed E-state index contributed by atoms with van der Waals surface area (Å²) < 4.78 is 13.0. The summed E-state index contributed by atoms with van der Waals surface area (Å²) in [6.45, 7) is 2.81. The van der Waals surface area contributed by atoms with Gasteiger partial charge in [-0.15, -0.1) is 0 Å². The van der Waals surface area contributed by atoms with Gasteiger partial charge in [0.25, 0.3) is 11.5 Å². The van der Waals surface area contributed by atoms with Crippen molar-refractivity contribution in [2.75, 3.05) is 39.1 Å². The number of nitrogen functional groups attached to an aromatic ring is 1. The highest BCUT2D eigenvalue weighted by atomic mass is 35.5. The molecule has 9 nitrogen and oxygen atoms in total. The van der Waals surface area contributed by atoms with Crippen LogP contribution in [0, 0.1) is 0 Å². The summed E-state index contributed by atoms with van der Waals surface area (Å²) in [4.78, 5) is 27.3. The smallest absolute Gasteiger partial charge is 0.266 e.